The predicted octanol–water partition coefficient (Wildman–Crippen LogP) is 2.52. The summed E-state index contributed by atoms with van der Waals surface area (Å²) in [5, 5.41) is 12.3. The second kappa shape index (κ2) is 6.74. The zero-order valence-corrected chi connectivity index (χ0v) is 14.7. The van der Waals surface area contributed by atoms with Crippen LogP contribution in [0.15, 0.2) is 33.5 Å². The van der Waals surface area contributed by atoms with E-state index < -0.39 is 0 Å². The predicted molar refractivity (Wildman–Crippen MR) is 90.3 cm³/mol. The molecule has 1 unspecified atom stereocenters. The van der Waals surface area contributed by atoms with Crippen LogP contribution in [0.4, 0.5) is 0 Å². The van der Waals surface area contributed by atoms with Gasteiger partial charge >= 0.3 is 0 Å². The zero-order chi connectivity index (χ0) is 18.1. The summed E-state index contributed by atoms with van der Waals surface area (Å²) in [4.78, 5) is 18.6. The fourth-order valence-electron chi connectivity index (χ4n) is 3.04. The Labute approximate surface area is 150 Å². The number of carbonyl (C=O) groups excluding carboxylic acids is 1. The Hall–Kier alpha value is -2.97. The lowest BCUT2D eigenvalue weighted by atomic mass is 10.1. The normalized spacial score (nSPS) is 17.8. The average molecular weight is 356 g/mol. The molecule has 1 amide bonds. The minimum atomic E-state index is -0.0986. The van der Waals surface area contributed by atoms with Gasteiger partial charge in [-0.05, 0) is 25.0 Å². The van der Waals surface area contributed by atoms with Gasteiger partial charge in [0.1, 0.15) is 0 Å². The third-order valence-electron chi connectivity index (χ3n) is 4.48. The lowest BCUT2D eigenvalue weighted by Gasteiger charge is -2.31. The highest BCUT2D eigenvalue weighted by molar-refractivity contribution is 5.91. The molecule has 9 heteroatoms. The molecule has 1 aliphatic rings. The Morgan fingerprint density at radius 2 is 2.27 bits per heavy atom. The summed E-state index contributed by atoms with van der Waals surface area (Å²) in [6, 6.07) is 3.45. The molecule has 1 fully saturated rings. The SMILES string of the molecule is CC(C)c1noc(-c2cn(C3CCCN(C(=O)c4ccco4)C3)nn2)n1. The van der Waals surface area contributed by atoms with Gasteiger partial charge in [-0.1, -0.05) is 24.2 Å². The number of amides is 1. The van der Waals surface area contributed by atoms with E-state index >= 15 is 0 Å². The number of likely N-dealkylation sites (tertiary alicyclic amines) is 1. The summed E-state index contributed by atoms with van der Waals surface area (Å²) in [6.45, 7) is 5.26. The van der Waals surface area contributed by atoms with Crippen LogP contribution in [-0.4, -0.2) is 49.0 Å². The summed E-state index contributed by atoms with van der Waals surface area (Å²) in [5.74, 6) is 1.44. The molecule has 4 rings (SSSR count). The van der Waals surface area contributed by atoms with Crippen molar-refractivity contribution >= 4 is 5.91 Å². The molecule has 0 spiro atoms. The molecule has 0 radical (unpaired) electrons. The van der Waals surface area contributed by atoms with E-state index in [-0.39, 0.29) is 17.9 Å². The smallest absolute Gasteiger partial charge is 0.289 e. The maximum Gasteiger partial charge on any atom is 0.289 e. The minimum Gasteiger partial charge on any atom is -0.459 e. The van der Waals surface area contributed by atoms with Crippen molar-refractivity contribution in [2.75, 3.05) is 13.1 Å². The minimum absolute atomic E-state index is 0.0522. The summed E-state index contributed by atoms with van der Waals surface area (Å²) in [6.07, 6.45) is 5.12. The van der Waals surface area contributed by atoms with Gasteiger partial charge in [0.25, 0.3) is 11.8 Å². The molecule has 0 N–H and O–H groups in total. The van der Waals surface area contributed by atoms with Crippen LogP contribution in [0.2, 0.25) is 0 Å². The molecule has 0 saturated carbocycles. The van der Waals surface area contributed by atoms with Crippen molar-refractivity contribution in [3.05, 3.63) is 36.2 Å². The molecular formula is C17H20N6O3. The number of rotatable bonds is 4. The van der Waals surface area contributed by atoms with E-state index in [1.807, 2.05) is 13.8 Å². The second-order valence-electron chi connectivity index (χ2n) is 6.72. The molecule has 1 atom stereocenters. The molecule has 1 saturated heterocycles. The van der Waals surface area contributed by atoms with Crippen LogP contribution in [-0.2, 0) is 0 Å². The first-order chi connectivity index (χ1) is 12.6. The Morgan fingerprint density at radius 1 is 1.38 bits per heavy atom. The number of hydrogen-bond acceptors (Lipinski definition) is 7. The topological polar surface area (TPSA) is 103 Å². The molecule has 26 heavy (non-hydrogen) atoms. The van der Waals surface area contributed by atoms with Gasteiger partial charge in [0.2, 0.25) is 0 Å². The first kappa shape index (κ1) is 16.5. The maximum absolute atomic E-state index is 12.5. The summed E-state index contributed by atoms with van der Waals surface area (Å²) in [7, 11) is 0. The first-order valence-corrected chi connectivity index (χ1v) is 8.70. The second-order valence-corrected chi connectivity index (χ2v) is 6.72. The first-order valence-electron chi connectivity index (χ1n) is 8.70. The number of furan rings is 1. The van der Waals surface area contributed by atoms with E-state index in [0.717, 1.165) is 12.8 Å². The van der Waals surface area contributed by atoms with Gasteiger partial charge in [-0.3, -0.25) is 4.79 Å². The largest absolute Gasteiger partial charge is 0.459 e. The highest BCUT2D eigenvalue weighted by Crippen LogP contribution is 2.24. The number of nitrogens with zero attached hydrogens (tertiary/aromatic N) is 6. The molecule has 3 aromatic rings. The molecule has 3 aromatic heterocycles. The molecular weight excluding hydrogens is 336 g/mol. The third kappa shape index (κ3) is 3.12. The molecule has 0 aliphatic carbocycles. The maximum atomic E-state index is 12.5. The molecule has 4 heterocycles. The van der Waals surface area contributed by atoms with E-state index in [2.05, 4.69) is 20.5 Å². The number of carbonyl (C=O) groups is 1. The van der Waals surface area contributed by atoms with Gasteiger partial charge in [-0.2, -0.15) is 4.98 Å². The van der Waals surface area contributed by atoms with E-state index in [4.69, 9.17) is 8.94 Å². The van der Waals surface area contributed by atoms with E-state index in [1.165, 1.54) is 6.26 Å². The van der Waals surface area contributed by atoms with Crippen LogP contribution in [0, 0.1) is 0 Å². The monoisotopic (exact) mass is 356 g/mol. The van der Waals surface area contributed by atoms with Crippen molar-refractivity contribution in [2.45, 2.75) is 38.6 Å². The molecule has 1 aliphatic heterocycles. The lowest BCUT2D eigenvalue weighted by molar-refractivity contribution is 0.0640. The van der Waals surface area contributed by atoms with Crippen LogP contribution in [0.3, 0.4) is 0 Å². The number of piperidine rings is 1. The van der Waals surface area contributed by atoms with E-state index in [1.54, 1.807) is 27.9 Å². The van der Waals surface area contributed by atoms with Crippen molar-refractivity contribution in [3.63, 3.8) is 0 Å². The molecule has 9 nitrogen and oxygen atoms in total. The molecule has 136 valence electrons. The van der Waals surface area contributed by atoms with E-state index in [0.29, 0.717) is 36.3 Å². The number of aromatic nitrogens is 5. The number of hydrogen-bond donors (Lipinski definition) is 0. The van der Waals surface area contributed by atoms with Crippen molar-refractivity contribution in [1.82, 2.24) is 30.0 Å². The molecule has 0 bridgehead atoms. The molecule has 0 aromatic carbocycles. The Kier molecular flexibility index (Phi) is 4.27. The van der Waals surface area contributed by atoms with Crippen molar-refractivity contribution in [2.24, 2.45) is 0 Å². The van der Waals surface area contributed by atoms with Crippen molar-refractivity contribution in [3.8, 4) is 11.6 Å². The van der Waals surface area contributed by atoms with Gasteiger partial charge in [0, 0.05) is 19.0 Å². The summed E-state index contributed by atoms with van der Waals surface area (Å²) in [5.41, 5.74) is 0.541. The Bertz CT molecular complexity index is 882. The van der Waals surface area contributed by atoms with Gasteiger partial charge in [0.05, 0.1) is 18.5 Å². The highest BCUT2D eigenvalue weighted by Gasteiger charge is 2.28. The fourth-order valence-corrected chi connectivity index (χ4v) is 3.04. The Morgan fingerprint density at radius 3 is 3.00 bits per heavy atom. The average Bonchev–Trinajstić information content (AvgIpc) is 3.42. The van der Waals surface area contributed by atoms with Crippen LogP contribution >= 0.6 is 0 Å². The summed E-state index contributed by atoms with van der Waals surface area (Å²) >= 11 is 0. The van der Waals surface area contributed by atoms with Crippen LogP contribution in [0.1, 0.15) is 55.0 Å². The van der Waals surface area contributed by atoms with Crippen molar-refractivity contribution in [1.29, 1.82) is 0 Å². The van der Waals surface area contributed by atoms with Gasteiger partial charge in [-0.25, -0.2) is 4.68 Å². The standard InChI is InChI=1S/C17H20N6O3/c1-11(2)15-18-16(26-20-15)13-10-23(21-19-13)12-5-3-7-22(9-12)17(24)14-6-4-8-25-14/h4,6,8,10-12H,3,5,7,9H2,1-2H3. The van der Waals surface area contributed by atoms with Gasteiger partial charge in [0.15, 0.2) is 17.3 Å². The van der Waals surface area contributed by atoms with Crippen LogP contribution in [0.5, 0.6) is 0 Å². The summed E-state index contributed by atoms with van der Waals surface area (Å²) < 4.78 is 12.3. The van der Waals surface area contributed by atoms with Gasteiger partial charge in [-0.15, -0.1) is 5.10 Å². The van der Waals surface area contributed by atoms with E-state index in [9.17, 15) is 4.79 Å². The van der Waals surface area contributed by atoms with Crippen LogP contribution < -0.4 is 0 Å². The fraction of sp³-hybridized carbons (Fsp3) is 0.471. The van der Waals surface area contributed by atoms with Crippen molar-refractivity contribution < 1.29 is 13.7 Å². The van der Waals surface area contributed by atoms with Gasteiger partial charge < -0.3 is 13.8 Å². The third-order valence-corrected chi connectivity index (χ3v) is 4.48. The highest BCUT2D eigenvalue weighted by atomic mass is 16.5. The zero-order valence-electron chi connectivity index (χ0n) is 14.7. The Balaban J connectivity index is 1.49. The van der Waals surface area contributed by atoms with Crippen LogP contribution in [0.25, 0.3) is 11.6 Å². The lowest BCUT2D eigenvalue weighted by Crippen LogP contribution is -2.40. The quantitative estimate of drug-likeness (QED) is 0.707.